The summed E-state index contributed by atoms with van der Waals surface area (Å²) in [6.07, 6.45) is 0.625. The largest absolute Gasteiger partial charge is 0.461 e. The maximum absolute atomic E-state index is 13.3. The number of carbonyl (C=O) groups is 3. The van der Waals surface area contributed by atoms with Crippen LogP contribution in [0, 0.1) is 20.8 Å². The minimum atomic E-state index is -0.459. The molecule has 1 aromatic carbocycles. The molecule has 0 unspecified atom stereocenters. The lowest BCUT2D eigenvalue weighted by molar-refractivity contribution is 0.0513. The van der Waals surface area contributed by atoms with Crippen LogP contribution in [0.3, 0.4) is 0 Å². The standard InChI is InChI=1S/C25H34N2O5/c1-7-31-15-9-14-27(24(29)20-12-10-17(3)11-13-20)16-21(28)22-18(4)23(25(30)32-8-2)26(6)19(22)5/h10-13H,7-9,14-16H2,1-6H3. The van der Waals surface area contributed by atoms with Crippen LogP contribution in [0.1, 0.15) is 68.3 Å². The average Bonchev–Trinajstić information content (AvgIpc) is 2.98. The van der Waals surface area contributed by atoms with Gasteiger partial charge in [0, 0.05) is 43.6 Å². The lowest BCUT2D eigenvalue weighted by Gasteiger charge is -2.22. The van der Waals surface area contributed by atoms with Crippen LogP contribution in [0.25, 0.3) is 0 Å². The molecule has 0 aliphatic rings. The summed E-state index contributed by atoms with van der Waals surface area (Å²) in [6.45, 7) is 10.8. The van der Waals surface area contributed by atoms with Gasteiger partial charge in [-0.2, -0.15) is 0 Å². The Morgan fingerprint density at radius 3 is 2.25 bits per heavy atom. The van der Waals surface area contributed by atoms with Gasteiger partial charge >= 0.3 is 5.97 Å². The Bertz CT molecular complexity index is 960. The Balaban J connectivity index is 2.31. The van der Waals surface area contributed by atoms with Gasteiger partial charge in [0.25, 0.3) is 5.91 Å². The number of esters is 1. The van der Waals surface area contributed by atoms with E-state index >= 15 is 0 Å². The minimum Gasteiger partial charge on any atom is -0.461 e. The molecule has 0 atom stereocenters. The van der Waals surface area contributed by atoms with E-state index in [0.29, 0.717) is 54.3 Å². The van der Waals surface area contributed by atoms with Crippen molar-refractivity contribution < 1.29 is 23.9 Å². The summed E-state index contributed by atoms with van der Waals surface area (Å²) in [6, 6.07) is 7.31. The molecular weight excluding hydrogens is 408 g/mol. The van der Waals surface area contributed by atoms with Crippen molar-refractivity contribution in [1.29, 1.82) is 0 Å². The van der Waals surface area contributed by atoms with E-state index in [2.05, 4.69) is 0 Å². The third kappa shape index (κ3) is 5.85. The third-order valence-electron chi connectivity index (χ3n) is 5.52. The molecule has 0 radical (unpaired) electrons. The maximum Gasteiger partial charge on any atom is 0.355 e. The number of aromatic nitrogens is 1. The molecule has 7 heteroatoms. The molecule has 0 aliphatic heterocycles. The van der Waals surface area contributed by atoms with Gasteiger partial charge in [0.2, 0.25) is 0 Å². The second kappa shape index (κ2) is 11.6. The molecule has 2 aromatic rings. The quantitative estimate of drug-likeness (QED) is 0.300. The zero-order valence-electron chi connectivity index (χ0n) is 20.0. The molecule has 1 amide bonds. The van der Waals surface area contributed by atoms with Crippen molar-refractivity contribution in [2.45, 2.75) is 41.0 Å². The van der Waals surface area contributed by atoms with Crippen molar-refractivity contribution >= 4 is 17.7 Å². The number of benzene rings is 1. The van der Waals surface area contributed by atoms with E-state index in [4.69, 9.17) is 9.47 Å². The highest BCUT2D eigenvalue weighted by Crippen LogP contribution is 2.23. The number of ketones is 1. The number of carbonyl (C=O) groups excluding carboxylic acids is 3. The van der Waals surface area contributed by atoms with Crippen LogP contribution in [0.4, 0.5) is 0 Å². The monoisotopic (exact) mass is 442 g/mol. The Kier molecular flexibility index (Phi) is 9.20. The van der Waals surface area contributed by atoms with E-state index in [1.807, 2.05) is 26.0 Å². The van der Waals surface area contributed by atoms with Gasteiger partial charge < -0.3 is 18.9 Å². The molecule has 0 saturated carbocycles. The number of Topliss-reactive ketones (excluding diaryl/α,β-unsaturated/α-hetero) is 1. The minimum absolute atomic E-state index is 0.0766. The van der Waals surface area contributed by atoms with Gasteiger partial charge in [-0.1, -0.05) is 17.7 Å². The zero-order valence-corrected chi connectivity index (χ0v) is 20.0. The predicted octanol–water partition coefficient (Wildman–Crippen LogP) is 3.88. The summed E-state index contributed by atoms with van der Waals surface area (Å²) < 4.78 is 12.2. The number of amides is 1. The molecule has 7 nitrogen and oxygen atoms in total. The molecule has 0 fully saturated rings. The van der Waals surface area contributed by atoms with Crippen molar-refractivity contribution in [3.05, 3.63) is 57.9 Å². The number of hydrogen-bond acceptors (Lipinski definition) is 5. The normalized spacial score (nSPS) is 10.8. The summed E-state index contributed by atoms with van der Waals surface area (Å²) in [5.41, 5.74) is 3.66. The van der Waals surface area contributed by atoms with E-state index in [1.165, 1.54) is 0 Å². The summed E-state index contributed by atoms with van der Waals surface area (Å²) >= 11 is 0. The number of aryl methyl sites for hydroxylation is 1. The first-order valence-electron chi connectivity index (χ1n) is 11.0. The SMILES string of the molecule is CCOCCCN(CC(=O)c1c(C)c(C(=O)OCC)n(C)c1C)C(=O)c1ccc(C)cc1. The van der Waals surface area contributed by atoms with Crippen LogP contribution >= 0.6 is 0 Å². The van der Waals surface area contributed by atoms with Gasteiger partial charge in [0.05, 0.1) is 13.2 Å². The molecule has 0 N–H and O–H groups in total. The van der Waals surface area contributed by atoms with Crippen LogP contribution in [0.2, 0.25) is 0 Å². The fraction of sp³-hybridized carbons (Fsp3) is 0.480. The lowest BCUT2D eigenvalue weighted by atomic mass is 10.0. The van der Waals surface area contributed by atoms with Crippen molar-refractivity contribution in [3.63, 3.8) is 0 Å². The van der Waals surface area contributed by atoms with Crippen molar-refractivity contribution in [3.8, 4) is 0 Å². The number of nitrogens with zero attached hydrogens (tertiary/aromatic N) is 2. The highest BCUT2D eigenvalue weighted by molar-refractivity contribution is 6.06. The second-order valence-electron chi connectivity index (χ2n) is 7.78. The summed E-state index contributed by atoms with van der Waals surface area (Å²) in [5, 5.41) is 0. The van der Waals surface area contributed by atoms with E-state index in [0.717, 1.165) is 5.56 Å². The molecule has 2 rings (SSSR count). The lowest BCUT2D eigenvalue weighted by Crippen LogP contribution is -2.37. The van der Waals surface area contributed by atoms with Gasteiger partial charge in [0.1, 0.15) is 5.69 Å². The van der Waals surface area contributed by atoms with Crippen LogP contribution in [-0.4, -0.2) is 60.0 Å². The fourth-order valence-electron chi connectivity index (χ4n) is 3.76. The van der Waals surface area contributed by atoms with Gasteiger partial charge in [-0.3, -0.25) is 9.59 Å². The van der Waals surface area contributed by atoms with E-state index in [1.54, 1.807) is 49.4 Å². The molecule has 1 heterocycles. The van der Waals surface area contributed by atoms with E-state index < -0.39 is 5.97 Å². The molecule has 0 aliphatic carbocycles. The molecule has 0 bridgehead atoms. The molecular formula is C25H34N2O5. The molecule has 0 saturated heterocycles. The number of hydrogen-bond donors (Lipinski definition) is 0. The van der Waals surface area contributed by atoms with Gasteiger partial charge in [-0.05, 0) is 58.7 Å². The smallest absolute Gasteiger partial charge is 0.355 e. The molecule has 1 aromatic heterocycles. The maximum atomic E-state index is 13.3. The van der Waals surface area contributed by atoms with Crippen LogP contribution in [0.15, 0.2) is 24.3 Å². The topological polar surface area (TPSA) is 77.8 Å². The van der Waals surface area contributed by atoms with Crippen LogP contribution in [0.5, 0.6) is 0 Å². The average molecular weight is 443 g/mol. The second-order valence-corrected chi connectivity index (χ2v) is 7.78. The zero-order chi connectivity index (χ0) is 23.8. The number of ether oxygens (including phenoxy) is 2. The fourth-order valence-corrected chi connectivity index (χ4v) is 3.76. The molecule has 0 spiro atoms. The Hall–Kier alpha value is -2.93. The van der Waals surface area contributed by atoms with Crippen LogP contribution in [-0.2, 0) is 16.5 Å². The summed E-state index contributed by atoms with van der Waals surface area (Å²) in [4.78, 5) is 40.5. The van der Waals surface area contributed by atoms with Crippen molar-refractivity contribution in [2.75, 3.05) is 32.9 Å². The van der Waals surface area contributed by atoms with Crippen LogP contribution < -0.4 is 0 Å². The van der Waals surface area contributed by atoms with Gasteiger partial charge in [0.15, 0.2) is 5.78 Å². The van der Waals surface area contributed by atoms with Crippen molar-refractivity contribution in [2.24, 2.45) is 7.05 Å². The first kappa shape index (κ1) is 25.3. The van der Waals surface area contributed by atoms with Gasteiger partial charge in [-0.25, -0.2) is 4.79 Å². The molecule has 32 heavy (non-hydrogen) atoms. The summed E-state index contributed by atoms with van der Waals surface area (Å²) in [5.74, 6) is -0.867. The summed E-state index contributed by atoms with van der Waals surface area (Å²) in [7, 11) is 1.74. The Labute approximate surface area is 190 Å². The van der Waals surface area contributed by atoms with Crippen molar-refractivity contribution in [1.82, 2.24) is 9.47 Å². The van der Waals surface area contributed by atoms with Gasteiger partial charge in [-0.15, -0.1) is 0 Å². The molecule has 174 valence electrons. The Morgan fingerprint density at radius 2 is 1.66 bits per heavy atom. The highest BCUT2D eigenvalue weighted by atomic mass is 16.5. The van der Waals surface area contributed by atoms with E-state index in [-0.39, 0.29) is 24.8 Å². The van der Waals surface area contributed by atoms with E-state index in [9.17, 15) is 14.4 Å². The number of rotatable bonds is 11. The Morgan fingerprint density at radius 1 is 1.00 bits per heavy atom. The highest BCUT2D eigenvalue weighted by Gasteiger charge is 2.28. The predicted molar refractivity (Wildman–Crippen MR) is 123 cm³/mol. The first-order chi connectivity index (χ1) is 15.2. The third-order valence-corrected chi connectivity index (χ3v) is 5.52. The first-order valence-corrected chi connectivity index (χ1v) is 11.0.